The number of nitrogens with zero attached hydrogens (tertiary/aromatic N) is 2. The van der Waals surface area contributed by atoms with Crippen LogP contribution in [0.2, 0.25) is 0 Å². The lowest BCUT2D eigenvalue weighted by atomic mass is 9.98. The predicted octanol–water partition coefficient (Wildman–Crippen LogP) is 3.87. The van der Waals surface area contributed by atoms with Crippen molar-refractivity contribution in [1.29, 1.82) is 0 Å². The zero-order valence-corrected chi connectivity index (χ0v) is 12.4. The molecule has 3 nitrogen and oxygen atoms in total. The number of imidazole rings is 1. The summed E-state index contributed by atoms with van der Waals surface area (Å²) in [5.41, 5.74) is 1.12. The first kappa shape index (κ1) is 13.4. The highest BCUT2D eigenvalue weighted by molar-refractivity contribution is 5.30. The van der Waals surface area contributed by atoms with Crippen molar-refractivity contribution in [2.45, 2.75) is 53.5 Å². The van der Waals surface area contributed by atoms with Gasteiger partial charge < -0.3 is 9.88 Å². The molecule has 1 aromatic rings. The SMILES string of the molecule is Cc1cn(C2CCC(C)C2C)c(NCC(C)C)n1. The van der Waals surface area contributed by atoms with Gasteiger partial charge in [-0.2, -0.15) is 0 Å². The Labute approximate surface area is 111 Å². The molecule has 0 aromatic carbocycles. The molecule has 18 heavy (non-hydrogen) atoms. The summed E-state index contributed by atoms with van der Waals surface area (Å²) in [7, 11) is 0. The first-order valence-corrected chi connectivity index (χ1v) is 7.28. The molecule has 1 aliphatic rings. The number of hydrogen-bond acceptors (Lipinski definition) is 2. The minimum atomic E-state index is 0.621. The van der Waals surface area contributed by atoms with Crippen LogP contribution >= 0.6 is 0 Å². The lowest BCUT2D eigenvalue weighted by molar-refractivity contribution is 0.355. The molecule has 1 saturated carbocycles. The highest BCUT2D eigenvalue weighted by Crippen LogP contribution is 2.41. The van der Waals surface area contributed by atoms with Gasteiger partial charge in [0.1, 0.15) is 0 Å². The van der Waals surface area contributed by atoms with E-state index in [9.17, 15) is 0 Å². The first-order chi connectivity index (χ1) is 8.49. The summed E-state index contributed by atoms with van der Waals surface area (Å²) in [6, 6.07) is 0.621. The summed E-state index contributed by atoms with van der Waals surface area (Å²) in [5.74, 6) is 3.29. The van der Waals surface area contributed by atoms with Gasteiger partial charge >= 0.3 is 0 Å². The van der Waals surface area contributed by atoms with Gasteiger partial charge in [-0.25, -0.2) is 4.98 Å². The summed E-state index contributed by atoms with van der Waals surface area (Å²) in [6.45, 7) is 12.3. The van der Waals surface area contributed by atoms with E-state index in [1.165, 1.54) is 12.8 Å². The molecule has 102 valence electrons. The average Bonchev–Trinajstić information content (AvgIpc) is 2.81. The standard InChI is InChI=1S/C15H27N3/c1-10(2)8-16-15-17-12(4)9-18(15)14-7-6-11(3)13(14)5/h9-11,13-14H,6-8H2,1-5H3,(H,16,17). The second-order valence-corrected chi connectivity index (χ2v) is 6.37. The second-order valence-electron chi connectivity index (χ2n) is 6.37. The number of hydrogen-bond donors (Lipinski definition) is 1. The molecule has 0 radical (unpaired) electrons. The Morgan fingerprint density at radius 3 is 2.67 bits per heavy atom. The molecule has 0 spiro atoms. The van der Waals surface area contributed by atoms with Gasteiger partial charge in [0.15, 0.2) is 0 Å². The second kappa shape index (κ2) is 5.33. The van der Waals surface area contributed by atoms with E-state index >= 15 is 0 Å². The number of nitrogens with one attached hydrogen (secondary N) is 1. The molecule has 1 heterocycles. The van der Waals surface area contributed by atoms with Gasteiger partial charge in [-0.05, 0) is 37.5 Å². The van der Waals surface area contributed by atoms with Crippen LogP contribution in [0, 0.1) is 24.7 Å². The molecule has 0 bridgehead atoms. The first-order valence-electron chi connectivity index (χ1n) is 7.28. The van der Waals surface area contributed by atoms with E-state index in [1.54, 1.807) is 0 Å². The molecule has 3 atom stereocenters. The summed E-state index contributed by atoms with van der Waals surface area (Å²) >= 11 is 0. The van der Waals surface area contributed by atoms with Crippen molar-refractivity contribution in [3.63, 3.8) is 0 Å². The van der Waals surface area contributed by atoms with Crippen molar-refractivity contribution in [3.05, 3.63) is 11.9 Å². The van der Waals surface area contributed by atoms with Crippen LogP contribution in [0.3, 0.4) is 0 Å². The fraction of sp³-hybridized carbons (Fsp3) is 0.800. The van der Waals surface area contributed by atoms with E-state index in [4.69, 9.17) is 0 Å². The van der Waals surface area contributed by atoms with Crippen LogP contribution in [0.5, 0.6) is 0 Å². The maximum atomic E-state index is 4.64. The Balaban J connectivity index is 2.16. The summed E-state index contributed by atoms with van der Waals surface area (Å²) in [4.78, 5) is 4.64. The maximum absolute atomic E-state index is 4.64. The van der Waals surface area contributed by atoms with E-state index in [0.717, 1.165) is 30.0 Å². The highest BCUT2D eigenvalue weighted by Gasteiger charge is 2.32. The minimum Gasteiger partial charge on any atom is -0.355 e. The van der Waals surface area contributed by atoms with Crippen molar-refractivity contribution in [1.82, 2.24) is 9.55 Å². The lowest BCUT2D eigenvalue weighted by Crippen LogP contribution is -2.18. The van der Waals surface area contributed by atoms with Crippen LogP contribution in [0.1, 0.15) is 52.3 Å². The van der Waals surface area contributed by atoms with Crippen LogP contribution in [0.4, 0.5) is 5.95 Å². The van der Waals surface area contributed by atoms with Crippen molar-refractivity contribution in [3.8, 4) is 0 Å². The summed E-state index contributed by atoms with van der Waals surface area (Å²) < 4.78 is 2.38. The fourth-order valence-corrected chi connectivity index (χ4v) is 2.93. The molecule has 1 aromatic heterocycles. The Kier molecular flexibility index (Phi) is 3.98. The fourth-order valence-electron chi connectivity index (χ4n) is 2.93. The van der Waals surface area contributed by atoms with Gasteiger partial charge in [-0.15, -0.1) is 0 Å². The van der Waals surface area contributed by atoms with Crippen LogP contribution in [0.15, 0.2) is 6.20 Å². The smallest absolute Gasteiger partial charge is 0.203 e. The summed E-state index contributed by atoms with van der Waals surface area (Å²) in [5, 5.41) is 3.50. The third-order valence-corrected chi connectivity index (χ3v) is 4.30. The van der Waals surface area contributed by atoms with Gasteiger partial charge in [0.2, 0.25) is 5.95 Å². The number of aromatic nitrogens is 2. The number of anilines is 1. The van der Waals surface area contributed by atoms with Gasteiger partial charge in [-0.3, -0.25) is 0 Å². The van der Waals surface area contributed by atoms with Crippen molar-refractivity contribution >= 4 is 5.95 Å². The van der Waals surface area contributed by atoms with Crippen LogP contribution in [0.25, 0.3) is 0 Å². The highest BCUT2D eigenvalue weighted by atomic mass is 15.2. The van der Waals surface area contributed by atoms with Crippen molar-refractivity contribution < 1.29 is 0 Å². The lowest BCUT2D eigenvalue weighted by Gasteiger charge is -2.22. The quantitative estimate of drug-likeness (QED) is 0.878. The van der Waals surface area contributed by atoms with Crippen LogP contribution in [-0.4, -0.2) is 16.1 Å². The Hall–Kier alpha value is -0.990. The molecule has 1 aliphatic carbocycles. The molecule has 0 aliphatic heterocycles. The van der Waals surface area contributed by atoms with E-state index in [-0.39, 0.29) is 0 Å². The van der Waals surface area contributed by atoms with E-state index in [0.29, 0.717) is 12.0 Å². The van der Waals surface area contributed by atoms with Crippen LogP contribution in [-0.2, 0) is 0 Å². The molecule has 1 N–H and O–H groups in total. The maximum Gasteiger partial charge on any atom is 0.203 e. The molecular formula is C15H27N3. The number of aryl methyl sites for hydroxylation is 1. The molecule has 2 rings (SSSR count). The van der Waals surface area contributed by atoms with Gasteiger partial charge in [0.25, 0.3) is 0 Å². The van der Waals surface area contributed by atoms with Crippen LogP contribution < -0.4 is 5.32 Å². The van der Waals surface area contributed by atoms with Crippen molar-refractivity contribution in [2.75, 3.05) is 11.9 Å². The number of rotatable bonds is 4. The molecular weight excluding hydrogens is 222 g/mol. The normalized spacial score (nSPS) is 28.0. The Bertz CT molecular complexity index is 394. The van der Waals surface area contributed by atoms with Gasteiger partial charge in [-0.1, -0.05) is 27.7 Å². The predicted molar refractivity (Wildman–Crippen MR) is 76.9 cm³/mol. The monoisotopic (exact) mass is 249 g/mol. The third-order valence-electron chi connectivity index (χ3n) is 4.30. The molecule has 1 fully saturated rings. The summed E-state index contributed by atoms with van der Waals surface area (Å²) in [6.07, 6.45) is 4.84. The van der Waals surface area contributed by atoms with E-state index in [1.807, 2.05) is 0 Å². The zero-order valence-electron chi connectivity index (χ0n) is 12.4. The third kappa shape index (κ3) is 2.70. The molecule has 3 heteroatoms. The average molecular weight is 249 g/mol. The van der Waals surface area contributed by atoms with E-state index < -0.39 is 0 Å². The largest absolute Gasteiger partial charge is 0.355 e. The Morgan fingerprint density at radius 1 is 1.39 bits per heavy atom. The van der Waals surface area contributed by atoms with Gasteiger partial charge in [0.05, 0.1) is 5.69 Å². The molecule has 3 unspecified atom stereocenters. The van der Waals surface area contributed by atoms with Gasteiger partial charge in [0, 0.05) is 18.8 Å². The topological polar surface area (TPSA) is 29.9 Å². The molecule has 0 amide bonds. The van der Waals surface area contributed by atoms with E-state index in [2.05, 4.69) is 55.7 Å². The zero-order chi connectivity index (χ0) is 13.3. The Morgan fingerprint density at radius 2 is 2.11 bits per heavy atom. The minimum absolute atomic E-state index is 0.621. The molecule has 0 saturated heterocycles. The van der Waals surface area contributed by atoms with Crippen molar-refractivity contribution in [2.24, 2.45) is 17.8 Å².